The van der Waals surface area contributed by atoms with Crippen LogP contribution >= 0.6 is 0 Å². The van der Waals surface area contributed by atoms with Gasteiger partial charge in [0.15, 0.2) is 0 Å². The molecule has 1 heterocycles. The summed E-state index contributed by atoms with van der Waals surface area (Å²) in [5.74, 6) is 0. The summed E-state index contributed by atoms with van der Waals surface area (Å²) in [6.07, 6.45) is 1.98. The van der Waals surface area contributed by atoms with Crippen molar-refractivity contribution in [2.45, 2.75) is 53.9 Å². The van der Waals surface area contributed by atoms with Crippen molar-refractivity contribution in [3.05, 3.63) is 82.2 Å². The maximum Gasteiger partial charge on any atom is 0.0632 e. The lowest BCUT2D eigenvalue weighted by Gasteiger charge is -2.20. The smallest absolute Gasteiger partial charge is 0.0632 e. The Morgan fingerprint density at radius 2 is 1.48 bits per heavy atom. The molecule has 2 nitrogen and oxygen atoms in total. The van der Waals surface area contributed by atoms with E-state index in [2.05, 4.69) is 102 Å². The molecule has 0 saturated heterocycles. The highest BCUT2D eigenvalue weighted by molar-refractivity contribution is 5.84. The number of nitrogens with zero attached hydrogens (tertiary/aromatic N) is 2. The van der Waals surface area contributed by atoms with E-state index < -0.39 is 0 Å². The molecule has 3 rings (SSSR count). The van der Waals surface area contributed by atoms with Crippen LogP contribution in [0.1, 0.15) is 54.4 Å². The fourth-order valence-electron chi connectivity index (χ4n) is 3.38. The molecule has 1 aromatic heterocycles. The Balaban J connectivity index is 1.92. The average Bonchev–Trinajstić information content (AvgIpc) is 2.89. The highest BCUT2D eigenvalue weighted by Crippen LogP contribution is 2.26. The van der Waals surface area contributed by atoms with Crippen LogP contribution in [0.3, 0.4) is 0 Å². The van der Waals surface area contributed by atoms with Crippen LogP contribution in [0, 0.1) is 27.7 Å². The molecule has 0 amide bonds. The fraction of sp³-hybridized carbons (Fsp3) is 0.320. The van der Waals surface area contributed by atoms with Crippen molar-refractivity contribution >= 4 is 11.9 Å². The minimum atomic E-state index is 0.170. The number of aromatic nitrogens is 1. The van der Waals surface area contributed by atoms with Gasteiger partial charge in [0, 0.05) is 28.9 Å². The lowest BCUT2D eigenvalue weighted by molar-refractivity contribution is 0.590. The number of benzene rings is 2. The van der Waals surface area contributed by atoms with Crippen molar-refractivity contribution in [3.63, 3.8) is 0 Å². The molecule has 0 fully saturated rings. The van der Waals surface area contributed by atoms with Crippen molar-refractivity contribution in [2.24, 2.45) is 4.99 Å². The monoisotopic (exact) mass is 358 g/mol. The second-order valence-corrected chi connectivity index (χ2v) is 8.49. The molecule has 0 aliphatic rings. The van der Waals surface area contributed by atoms with Gasteiger partial charge < -0.3 is 4.57 Å². The maximum atomic E-state index is 4.70. The lowest BCUT2D eigenvalue weighted by atomic mass is 9.87. The number of aliphatic imine (C=N–C) groups is 1. The molecular weight excluding hydrogens is 328 g/mol. The number of aryl methyl sites for hydroxylation is 3. The summed E-state index contributed by atoms with van der Waals surface area (Å²) in [4.78, 5) is 4.70. The number of hydrogen-bond donors (Lipinski definition) is 0. The van der Waals surface area contributed by atoms with Gasteiger partial charge in [0.2, 0.25) is 0 Å². The maximum absolute atomic E-state index is 4.70. The third-order valence-corrected chi connectivity index (χ3v) is 5.31. The van der Waals surface area contributed by atoms with Crippen LogP contribution in [0.15, 0.2) is 53.5 Å². The van der Waals surface area contributed by atoms with Crippen molar-refractivity contribution in [1.29, 1.82) is 0 Å². The molecule has 0 atom stereocenters. The lowest BCUT2D eigenvalue weighted by Crippen LogP contribution is -2.11. The number of rotatable bonds is 3. The molecule has 140 valence electrons. The van der Waals surface area contributed by atoms with Gasteiger partial charge in [-0.05, 0) is 80.1 Å². The third kappa shape index (κ3) is 4.05. The van der Waals surface area contributed by atoms with Gasteiger partial charge in [0.1, 0.15) is 0 Å². The van der Waals surface area contributed by atoms with E-state index >= 15 is 0 Å². The highest BCUT2D eigenvalue weighted by atomic mass is 15.0. The molecule has 0 radical (unpaired) electrons. The zero-order valence-electron chi connectivity index (χ0n) is 17.6. The summed E-state index contributed by atoms with van der Waals surface area (Å²) < 4.78 is 2.30. The normalized spacial score (nSPS) is 12.1. The summed E-state index contributed by atoms with van der Waals surface area (Å²) in [5, 5.41) is 0. The van der Waals surface area contributed by atoms with Crippen molar-refractivity contribution in [3.8, 4) is 5.69 Å². The second kappa shape index (κ2) is 7.19. The quantitative estimate of drug-likeness (QED) is 0.460. The zero-order valence-corrected chi connectivity index (χ0v) is 17.6. The minimum absolute atomic E-state index is 0.170. The van der Waals surface area contributed by atoms with Gasteiger partial charge in [-0.2, -0.15) is 0 Å². The largest absolute Gasteiger partial charge is 0.318 e. The van der Waals surface area contributed by atoms with Crippen molar-refractivity contribution < 1.29 is 0 Å². The first-order valence-corrected chi connectivity index (χ1v) is 9.58. The van der Waals surface area contributed by atoms with E-state index in [-0.39, 0.29) is 5.41 Å². The van der Waals surface area contributed by atoms with Crippen LogP contribution in [0.25, 0.3) is 5.69 Å². The molecule has 27 heavy (non-hydrogen) atoms. The molecule has 0 saturated carbocycles. The van der Waals surface area contributed by atoms with E-state index in [1.165, 1.54) is 33.8 Å². The molecule has 0 N–H and O–H groups in total. The van der Waals surface area contributed by atoms with Gasteiger partial charge in [-0.15, -0.1) is 0 Å². The van der Waals surface area contributed by atoms with Gasteiger partial charge in [-0.25, -0.2) is 0 Å². The van der Waals surface area contributed by atoms with E-state index in [1.807, 2.05) is 6.21 Å². The standard InChI is InChI=1S/C25H30N2/c1-17-8-11-23(14-18(17)2)26-16-21-15-19(3)27(20(21)4)24-12-9-22(10-13-24)25(5,6)7/h8-16H,1-7H3. The van der Waals surface area contributed by atoms with E-state index in [4.69, 9.17) is 4.99 Å². The SMILES string of the molecule is Cc1ccc(N=Cc2cc(C)n(-c3ccc(C(C)(C)C)cc3)c2C)cc1C. The van der Waals surface area contributed by atoms with Crippen LogP contribution in [-0.4, -0.2) is 10.8 Å². The Hall–Kier alpha value is -2.61. The first-order valence-electron chi connectivity index (χ1n) is 9.58. The molecular formula is C25H30N2. The molecule has 2 heteroatoms. The summed E-state index contributed by atoms with van der Waals surface area (Å²) in [5.41, 5.74) is 9.88. The van der Waals surface area contributed by atoms with Gasteiger partial charge in [-0.3, -0.25) is 4.99 Å². The molecule has 0 aliphatic carbocycles. The van der Waals surface area contributed by atoms with Crippen molar-refractivity contribution in [2.75, 3.05) is 0 Å². The number of hydrogen-bond acceptors (Lipinski definition) is 1. The van der Waals surface area contributed by atoms with Gasteiger partial charge >= 0.3 is 0 Å². The Bertz CT molecular complexity index is 980. The van der Waals surface area contributed by atoms with Crippen LogP contribution in [0.5, 0.6) is 0 Å². The summed E-state index contributed by atoms with van der Waals surface area (Å²) in [6.45, 7) is 15.3. The van der Waals surface area contributed by atoms with Crippen LogP contribution in [0.4, 0.5) is 5.69 Å². The fourth-order valence-corrected chi connectivity index (χ4v) is 3.38. The van der Waals surface area contributed by atoms with E-state index in [9.17, 15) is 0 Å². The summed E-state index contributed by atoms with van der Waals surface area (Å²) in [7, 11) is 0. The topological polar surface area (TPSA) is 17.3 Å². The van der Waals surface area contributed by atoms with Crippen LogP contribution in [0.2, 0.25) is 0 Å². The predicted molar refractivity (Wildman–Crippen MR) is 117 cm³/mol. The second-order valence-electron chi connectivity index (χ2n) is 8.49. The van der Waals surface area contributed by atoms with Crippen LogP contribution < -0.4 is 0 Å². The predicted octanol–water partition coefficient (Wildman–Crippen LogP) is 6.76. The highest BCUT2D eigenvalue weighted by Gasteiger charge is 2.14. The third-order valence-electron chi connectivity index (χ3n) is 5.31. The Kier molecular flexibility index (Phi) is 5.10. The molecule has 0 bridgehead atoms. The first-order chi connectivity index (χ1) is 12.7. The zero-order chi connectivity index (χ0) is 19.8. The minimum Gasteiger partial charge on any atom is -0.318 e. The van der Waals surface area contributed by atoms with E-state index in [0.717, 1.165) is 11.3 Å². The molecule has 3 aromatic rings. The van der Waals surface area contributed by atoms with Gasteiger partial charge in [-0.1, -0.05) is 39.0 Å². The van der Waals surface area contributed by atoms with Gasteiger partial charge in [0.05, 0.1) is 5.69 Å². The summed E-state index contributed by atoms with van der Waals surface area (Å²) in [6, 6.07) is 17.4. The Morgan fingerprint density at radius 3 is 2.07 bits per heavy atom. The average molecular weight is 359 g/mol. The first kappa shape index (κ1) is 19.2. The van der Waals surface area contributed by atoms with Gasteiger partial charge in [0.25, 0.3) is 0 Å². The Labute approximate surface area is 163 Å². The molecule has 0 unspecified atom stereocenters. The van der Waals surface area contributed by atoms with Crippen LogP contribution in [-0.2, 0) is 5.41 Å². The van der Waals surface area contributed by atoms with Crippen molar-refractivity contribution in [1.82, 2.24) is 4.57 Å². The van der Waals surface area contributed by atoms with E-state index in [1.54, 1.807) is 0 Å². The molecule has 0 aliphatic heterocycles. The summed E-state index contributed by atoms with van der Waals surface area (Å²) >= 11 is 0. The molecule has 2 aromatic carbocycles. The Morgan fingerprint density at radius 1 is 0.815 bits per heavy atom. The molecule has 0 spiro atoms. The van der Waals surface area contributed by atoms with E-state index in [0.29, 0.717) is 0 Å².